The quantitative estimate of drug-likeness (QED) is 0.616. The molecule has 2 rings (SSSR count). The van der Waals surface area contributed by atoms with Gasteiger partial charge in [-0.05, 0) is 50.1 Å². The van der Waals surface area contributed by atoms with Crippen molar-refractivity contribution in [1.29, 1.82) is 0 Å². The van der Waals surface area contributed by atoms with Crippen LogP contribution in [0.25, 0.3) is 0 Å². The molecule has 0 bridgehead atoms. The van der Waals surface area contributed by atoms with E-state index < -0.39 is 6.04 Å². The molecule has 1 atom stereocenters. The highest BCUT2D eigenvalue weighted by atomic mass is 32.2. The average molecular weight is 433 g/mol. The maximum atomic E-state index is 13.8. The van der Waals surface area contributed by atoms with E-state index in [1.165, 1.54) is 17.8 Å². The van der Waals surface area contributed by atoms with Gasteiger partial charge in [0.1, 0.15) is 17.6 Å². The lowest BCUT2D eigenvalue weighted by Gasteiger charge is -2.29. The van der Waals surface area contributed by atoms with Gasteiger partial charge in [-0.3, -0.25) is 9.59 Å². The van der Waals surface area contributed by atoms with Gasteiger partial charge in [-0.15, -0.1) is 11.8 Å². The Balaban J connectivity index is 2.08. The van der Waals surface area contributed by atoms with Crippen molar-refractivity contribution in [1.82, 2.24) is 10.2 Å². The molecule has 2 aromatic rings. The number of nitrogens with one attached hydrogen (secondary N) is 1. The van der Waals surface area contributed by atoms with Crippen LogP contribution in [0.1, 0.15) is 31.9 Å². The Morgan fingerprint density at radius 1 is 1.10 bits per heavy atom. The summed E-state index contributed by atoms with van der Waals surface area (Å²) in [5.74, 6) is 0.620. The van der Waals surface area contributed by atoms with Gasteiger partial charge >= 0.3 is 0 Å². The van der Waals surface area contributed by atoms with Crippen LogP contribution in [0, 0.1) is 5.82 Å². The van der Waals surface area contributed by atoms with Gasteiger partial charge in [-0.2, -0.15) is 0 Å². The second-order valence-electron chi connectivity index (χ2n) is 7.29. The summed E-state index contributed by atoms with van der Waals surface area (Å²) >= 11 is 1.33. The molecular weight excluding hydrogens is 403 g/mol. The van der Waals surface area contributed by atoms with Crippen LogP contribution in [0.15, 0.2) is 48.5 Å². The zero-order chi connectivity index (χ0) is 22.1. The summed E-state index contributed by atoms with van der Waals surface area (Å²) in [5, 5.41) is 2.86. The lowest BCUT2D eigenvalue weighted by atomic mass is 10.1. The highest BCUT2D eigenvalue weighted by molar-refractivity contribution is 7.99. The van der Waals surface area contributed by atoms with Crippen LogP contribution in [0.2, 0.25) is 0 Å². The van der Waals surface area contributed by atoms with Crippen molar-refractivity contribution in [2.45, 2.75) is 45.2 Å². The van der Waals surface area contributed by atoms with Gasteiger partial charge in [0, 0.05) is 18.3 Å². The number of hydrogen-bond donors (Lipinski definition) is 1. The van der Waals surface area contributed by atoms with Crippen molar-refractivity contribution in [3.05, 3.63) is 65.5 Å². The maximum Gasteiger partial charge on any atom is 0.242 e. The van der Waals surface area contributed by atoms with Crippen molar-refractivity contribution >= 4 is 23.6 Å². The van der Waals surface area contributed by atoms with Crippen molar-refractivity contribution in [3.8, 4) is 5.75 Å². The summed E-state index contributed by atoms with van der Waals surface area (Å²) in [6.07, 6.45) is 0. The summed E-state index contributed by atoms with van der Waals surface area (Å²) in [6.45, 7) is 5.78. The first-order valence-corrected chi connectivity index (χ1v) is 11.0. The molecule has 5 nitrogen and oxygen atoms in total. The smallest absolute Gasteiger partial charge is 0.242 e. The Morgan fingerprint density at radius 3 is 2.37 bits per heavy atom. The Kier molecular flexibility index (Phi) is 9.17. The first kappa shape index (κ1) is 23.7. The summed E-state index contributed by atoms with van der Waals surface area (Å²) in [4.78, 5) is 27.1. The highest BCUT2D eigenvalue weighted by Gasteiger charge is 2.26. The lowest BCUT2D eigenvalue weighted by molar-refractivity contribution is -0.138. The number of amides is 2. The predicted molar refractivity (Wildman–Crippen MR) is 119 cm³/mol. The first-order chi connectivity index (χ1) is 14.3. The Morgan fingerprint density at radius 2 is 1.77 bits per heavy atom. The van der Waals surface area contributed by atoms with Gasteiger partial charge in [-0.1, -0.05) is 30.3 Å². The van der Waals surface area contributed by atoms with Crippen LogP contribution in [0.5, 0.6) is 5.75 Å². The second-order valence-corrected chi connectivity index (χ2v) is 8.28. The third kappa shape index (κ3) is 7.06. The fourth-order valence-corrected chi connectivity index (χ4v) is 3.76. The third-order valence-corrected chi connectivity index (χ3v) is 5.52. The molecule has 1 N–H and O–H groups in total. The van der Waals surface area contributed by atoms with E-state index in [0.29, 0.717) is 17.9 Å². The van der Waals surface area contributed by atoms with E-state index in [0.717, 1.165) is 11.3 Å². The van der Waals surface area contributed by atoms with Crippen molar-refractivity contribution < 1.29 is 18.7 Å². The third-order valence-electron chi connectivity index (χ3n) is 4.55. The maximum absolute atomic E-state index is 13.8. The molecule has 0 aliphatic heterocycles. The minimum atomic E-state index is -0.629. The Hall–Kier alpha value is -2.54. The largest absolute Gasteiger partial charge is 0.497 e. The molecule has 0 spiro atoms. The second kappa shape index (κ2) is 11.6. The number of methoxy groups -OCH3 is 1. The molecule has 0 saturated heterocycles. The molecule has 0 aliphatic carbocycles. The predicted octanol–water partition coefficient (Wildman–Crippen LogP) is 4.01. The fourth-order valence-electron chi connectivity index (χ4n) is 2.86. The normalized spacial score (nSPS) is 11.8. The van der Waals surface area contributed by atoms with Crippen LogP contribution in [-0.4, -0.2) is 41.7 Å². The average Bonchev–Trinajstić information content (AvgIpc) is 2.72. The number of carbonyl (C=O) groups is 2. The van der Waals surface area contributed by atoms with Gasteiger partial charge in [0.15, 0.2) is 0 Å². The number of carbonyl (C=O) groups excluding carboxylic acids is 2. The van der Waals surface area contributed by atoms with E-state index in [-0.39, 0.29) is 29.4 Å². The molecule has 2 amide bonds. The molecule has 0 radical (unpaired) electrons. The minimum Gasteiger partial charge on any atom is -0.497 e. The van der Waals surface area contributed by atoms with Gasteiger partial charge in [-0.25, -0.2) is 4.39 Å². The number of benzene rings is 2. The number of halogens is 1. The molecule has 0 aromatic heterocycles. The van der Waals surface area contributed by atoms with E-state index in [1.807, 2.05) is 38.1 Å². The summed E-state index contributed by atoms with van der Waals surface area (Å²) in [7, 11) is 1.59. The van der Waals surface area contributed by atoms with Crippen LogP contribution in [0.3, 0.4) is 0 Å². The van der Waals surface area contributed by atoms with Gasteiger partial charge in [0.2, 0.25) is 11.8 Å². The van der Waals surface area contributed by atoms with E-state index in [2.05, 4.69) is 5.32 Å². The molecule has 0 heterocycles. The fraction of sp³-hybridized carbons (Fsp3) is 0.391. The molecule has 0 fully saturated rings. The van der Waals surface area contributed by atoms with E-state index in [1.54, 1.807) is 37.1 Å². The summed E-state index contributed by atoms with van der Waals surface area (Å²) in [5.41, 5.74) is 1.45. The van der Waals surface area contributed by atoms with Crippen LogP contribution < -0.4 is 10.1 Å². The summed E-state index contributed by atoms with van der Waals surface area (Å²) < 4.78 is 19.0. The monoisotopic (exact) mass is 432 g/mol. The highest BCUT2D eigenvalue weighted by Crippen LogP contribution is 2.19. The Bertz CT molecular complexity index is 843. The molecule has 0 aliphatic rings. The number of nitrogens with zero attached hydrogens (tertiary/aromatic N) is 1. The molecule has 7 heteroatoms. The SMILES string of the molecule is COc1ccc(CN(C(=O)CSCc2ccccc2F)[C@H](C)C(=O)NC(C)C)cc1. The number of rotatable bonds is 10. The molecular formula is C23H29FN2O3S. The molecule has 0 unspecified atom stereocenters. The van der Waals surface area contributed by atoms with Crippen molar-refractivity contribution in [2.24, 2.45) is 0 Å². The standard InChI is InChI=1S/C23H29FN2O3S/c1-16(2)25-23(28)17(3)26(13-18-9-11-20(29-4)12-10-18)22(27)15-30-14-19-7-5-6-8-21(19)24/h5-12,16-17H,13-15H2,1-4H3,(H,25,28)/t17-/m1/s1. The van der Waals surface area contributed by atoms with Gasteiger partial charge < -0.3 is 15.0 Å². The van der Waals surface area contributed by atoms with E-state index in [9.17, 15) is 14.0 Å². The van der Waals surface area contributed by atoms with Crippen LogP contribution in [0.4, 0.5) is 4.39 Å². The first-order valence-electron chi connectivity index (χ1n) is 9.85. The lowest BCUT2D eigenvalue weighted by Crippen LogP contribution is -2.49. The van der Waals surface area contributed by atoms with Gasteiger partial charge in [0.05, 0.1) is 12.9 Å². The molecule has 0 saturated carbocycles. The van der Waals surface area contributed by atoms with Crippen LogP contribution >= 0.6 is 11.8 Å². The topological polar surface area (TPSA) is 58.6 Å². The molecule has 30 heavy (non-hydrogen) atoms. The van der Waals surface area contributed by atoms with Crippen molar-refractivity contribution in [2.75, 3.05) is 12.9 Å². The number of thioether (sulfide) groups is 1. The number of hydrogen-bond acceptors (Lipinski definition) is 4. The van der Waals surface area contributed by atoms with Crippen LogP contribution in [-0.2, 0) is 21.9 Å². The zero-order valence-electron chi connectivity index (χ0n) is 17.9. The minimum absolute atomic E-state index is 0.0201. The number of ether oxygens (including phenoxy) is 1. The molecule has 162 valence electrons. The zero-order valence-corrected chi connectivity index (χ0v) is 18.7. The molecule has 2 aromatic carbocycles. The van der Waals surface area contributed by atoms with E-state index >= 15 is 0 Å². The summed E-state index contributed by atoms with van der Waals surface area (Å²) in [6, 6.07) is 13.3. The van der Waals surface area contributed by atoms with Gasteiger partial charge in [0.25, 0.3) is 0 Å². The van der Waals surface area contributed by atoms with Crippen molar-refractivity contribution in [3.63, 3.8) is 0 Å². The van der Waals surface area contributed by atoms with E-state index in [4.69, 9.17) is 4.74 Å². The Labute approximate surface area is 182 Å².